The highest BCUT2D eigenvalue weighted by Gasteiger charge is 2.33. The average Bonchev–Trinajstić information content (AvgIpc) is 2.13. The lowest BCUT2D eigenvalue weighted by atomic mass is 9.85. The van der Waals surface area contributed by atoms with Gasteiger partial charge in [-0.1, -0.05) is 0 Å². The van der Waals surface area contributed by atoms with Crippen molar-refractivity contribution in [1.29, 1.82) is 0 Å². The third kappa shape index (κ3) is 2.10. The van der Waals surface area contributed by atoms with Crippen molar-refractivity contribution in [2.24, 2.45) is 5.73 Å². The van der Waals surface area contributed by atoms with Gasteiger partial charge in [0.1, 0.15) is 0 Å². The molecule has 0 aromatic rings. The molecule has 0 atom stereocenters. The van der Waals surface area contributed by atoms with Crippen molar-refractivity contribution in [3.8, 4) is 0 Å². The number of hydrogen-bond donors (Lipinski definition) is 1. The van der Waals surface area contributed by atoms with Gasteiger partial charge in [-0.25, -0.2) is 0 Å². The van der Waals surface area contributed by atoms with Crippen LogP contribution in [0.1, 0.15) is 25.7 Å². The second-order valence-electron chi connectivity index (χ2n) is 5.12. The second-order valence-corrected chi connectivity index (χ2v) is 5.12. The molecule has 3 heteroatoms. The van der Waals surface area contributed by atoms with Crippen LogP contribution in [0.3, 0.4) is 0 Å². The van der Waals surface area contributed by atoms with Crippen LogP contribution in [-0.2, 0) is 0 Å². The maximum atomic E-state index is 5.82. The van der Waals surface area contributed by atoms with Crippen LogP contribution in [-0.4, -0.2) is 55.1 Å². The molecule has 1 aliphatic carbocycles. The van der Waals surface area contributed by atoms with Crippen molar-refractivity contribution < 1.29 is 0 Å². The van der Waals surface area contributed by atoms with Gasteiger partial charge in [0.05, 0.1) is 0 Å². The van der Waals surface area contributed by atoms with Gasteiger partial charge in [0, 0.05) is 18.1 Å². The number of nitrogens with two attached hydrogens (primary N) is 1. The minimum Gasteiger partial charge on any atom is -0.328 e. The minimum absolute atomic E-state index is 0.492. The Balaban J connectivity index is 1.73. The summed E-state index contributed by atoms with van der Waals surface area (Å²) in [6, 6.07) is 2.11. The summed E-state index contributed by atoms with van der Waals surface area (Å²) in [7, 11) is 4.39. The summed E-state index contributed by atoms with van der Waals surface area (Å²) in [4.78, 5) is 5.01. The van der Waals surface area contributed by atoms with Crippen LogP contribution in [0.25, 0.3) is 0 Å². The SMILES string of the molecule is CN(C)C1CCN(C2CC(N)C2)CC1. The van der Waals surface area contributed by atoms with Crippen LogP contribution in [0.15, 0.2) is 0 Å². The third-order valence-electron chi connectivity index (χ3n) is 3.90. The summed E-state index contributed by atoms with van der Waals surface area (Å²) in [5.41, 5.74) is 5.82. The number of piperidine rings is 1. The van der Waals surface area contributed by atoms with E-state index in [-0.39, 0.29) is 0 Å². The van der Waals surface area contributed by atoms with Crippen LogP contribution < -0.4 is 5.73 Å². The highest BCUT2D eigenvalue weighted by atomic mass is 15.2. The Morgan fingerprint density at radius 3 is 2.14 bits per heavy atom. The molecular weight excluding hydrogens is 174 g/mol. The van der Waals surface area contributed by atoms with E-state index >= 15 is 0 Å². The van der Waals surface area contributed by atoms with Gasteiger partial charge in [-0.3, -0.25) is 0 Å². The van der Waals surface area contributed by atoms with Crippen LogP contribution >= 0.6 is 0 Å². The molecule has 1 heterocycles. The molecular formula is C11H23N3. The molecule has 0 aromatic carbocycles. The summed E-state index contributed by atoms with van der Waals surface area (Å²) in [6.45, 7) is 2.56. The molecule has 1 saturated heterocycles. The maximum absolute atomic E-state index is 5.82. The Hall–Kier alpha value is -0.120. The fourth-order valence-electron chi connectivity index (χ4n) is 2.70. The number of likely N-dealkylation sites (tertiary alicyclic amines) is 1. The van der Waals surface area contributed by atoms with Crippen LogP contribution in [0, 0.1) is 0 Å². The van der Waals surface area contributed by atoms with E-state index in [4.69, 9.17) is 5.73 Å². The molecule has 14 heavy (non-hydrogen) atoms. The average molecular weight is 197 g/mol. The topological polar surface area (TPSA) is 32.5 Å². The van der Waals surface area contributed by atoms with Gasteiger partial charge in [-0.15, -0.1) is 0 Å². The first-order chi connectivity index (χ1) is 6.66. The van der Waals surface area contributed by atoms with Crippen molar-refractivity contribution in [3.05, 3.63) is 0 Å². The lowest BCUT2D eigenvalue weighted by Crippen LogP contribution is -2.54. The Morgan fingerprint density at radius 2 is 1.71 bits per heavy atom. The molecule has 2 rings (SSSR count). The highest BCUT2D eigenvalue weighted by molar-refractivity contribution is 4.92. The quantitative estimate of drug-likeness (QED) is 0.700. The van der Waals surface area contributed by atoms with Crippen LogP contribution in [0.4, 0.5) is 0 Å². The van der Waals surface area contributed by atoms with Gasteiger partial charge < -0.3 is 15.5 Å². The molecule has 2 N–H and O–H groups in total. The van der Waals surface area contributed by atoms with E-state index in [1.807, 2.05) is 0 Å². The van der Waals surface area contributed by atoms with E-state index in [1.54, 1.807) is 0 Å². The predicted octanol–water partition coefficient (Wildman–Crippen LogP) is 0.502. The van der Waals surface area contributed by atoms with Crippen molar-refractivity contribution in [3.63, 3.8) is 0 Å². The second kappa shape index (κ2) is 4.17. The molecule has 0 unspecified atom stereocenters. The maximum Gasteiger partial charge on any atom is 0.0125 e. The van der Waals surface area contributed by atoms with Gasteiger partial charge in [-0.05, 0) is 52.9 Å². The van der Waals surface area contributed by atoms with Gasteiger partial charge >= 0.3 is 0 Å². The van der Waals surface area contributed by atoms with Crippen LogP contribution in [0.5, 0.6) is 0 Å². The predicted molar refractivity (Wildman–Crippen MR) is 59.3 cm³/mol. The molecule has 0 radical (unpaired) electrons. The smallest absolute Gasteiger partial charge is 0.0125 e. The number of rotatable bonds is 2. The van der Waals surface area contributed by atoms with Gasteiger partial charge in [0.25, 0.3) is 0 Å². The zero-order valence-electron chi connectivity index (χ0n) is 9.45. The van der Waals surface area contributed by atoms with Crippen LogP contribution in [0.2, 0.25) is 0 Å². The van der Waals surface area contributed by atoms with Crippen molar-refractivity contribution >= 4 is 0 Å². The molecule has 0 bridgehead atoms. The molecule has 82 valence electrons. The van der Waals surface area contributed by atoms with Crippen molar-refractivity contribution in [1.82, 2.24) is 9.80 Å². The van der Waals surface area contributed by atoms with E-state index in [0.29, 0.717) is 6.04 Å². The first-order valence-electron chi connectivity index (χ1n) is 5.83. The van der Waals surface area contributed by atoms with E-state index in [2.05, 4.69) is 23.9 Å². The normalized spacial score (nSPS) is 36.0. The first kappa shape index (κ1) is 10.4. The van der Waals surface area contributed by atoms with E-state index in [1.165, 1.54) is 38.8 Å². The fourth-order valence-corrected chi connectivity index (χ4v) is 2.70. The molecule has 1 saturated carbocycles. The molecule has 3 nitrogen and oxygen atoms in total. The summed E-state index contributed by atoms with van der Waals surface area (Å²) < 4.78 is 0. The molecule has 1 aliphatic heterocycles. The standard InChI is InChI=1S/C11H23N3/c1-13(2)10-3-5-14(6-4-10)11-7-9(12)8-11/h9-11H,3-8,12H2,1-2H3. The lowest BCUT2D eigenvalue weighted by Gasteiger charge is -2.45. The highest BCUT2D eigenvalue weighted by Crippen LogP contribution is 2.27. The largest absolute Gasteiger partial charge is 0.328 e. The summed E-state index contributed by atoms with van der Waals surface area (Å²) in [6.07, 6.45) is 5.12. The van der Waals surface area contributed by atoms with E-state index in [9.17, 15) is 0 Å². The number of hydrogen-bond acceptors (Lipinski definition) is 3. The van der Waals surface area contributed by atoms with Crippen molar-refractivity contribution in [2.45, 2.75) is 43.8 Å². The Morgan fingerprint density at radius 1 is 1.14 bits per heavy atom. The zero-order chi connectivity index (χ0) is 10.1. The zero-order valence-corrected chi connectivity index (χ0v) is 9.45. The summed E-state index contributed by atoms with van der Waals surface area (Å²) in [5.74, 6) is 0. The summed E-state index contributed by atoms with van der Waals surface area (Å²) >= 11 is 0. The Bertz CT molecular complexity index is 179. The third-order valence-corrected chi connectivity index (χ3v) is 3.90. The van der Waals surface area contributed by atoms with Crippen molar-refractivity contribution in [2.75, 3.05) is 27.2 Å². The fraction of sp³-hybridized carbons (Fsp3) is 1.00. The first-order valence-corrected chi connectivity index (χ1v) is 5.83. The van der Waals surface area contributed by atoms with Gasteiger partial charge in [0.2, 0.25) is 0 Å². The van der Waals surface area contributed by atoms with E-state index < -0.39 is 0 Å². The molecule has 0 aromatic heterocycles. The summed E-state index contributed by atoms with van der Waals surface area (Å²) in [5, 5.41) is 0. The molecule has 0 amide bonds. The molecule has 0 spiro atoms. The minimum atomic E-state index is 0.492. The van der Waals surface area contributed by atoms with Gasteiger partial charge in [-0.2, -0.15) is 0 Å². The molecule has 2 fully saturated rings. The monoisotopic (exact) mass is 197 g/mol. The van der Waals surface area contributed by atoms with E-state index in [0.717, 1.165) is 12.1 Å². The van der Waals surface area contributed by atoms with Gasteiger partial charge in [0.15, 0.2) is 0 Å². The lowest BCUT2D eigenvalue weighted by molar-refractivity contribution is 0.0617. The Kier molecular flexibility index (Phi) is 3.10. The number of nitrogens with zero attached hydrogens (tertiary/aromatic N) is 2. The molecule has 2 aliphatic rings. The Labute approximate surface area is 87.2 Å².